The van der Waals surface area contributed by atoms with Crippen LogP contribution in [0.4, 0.5) is 16.6 Å². The molecule has 6 rings (SSSR count). The quantitative estimate of drug-likeness (QED) is 0.368. The number of hydrogen-bond donors (Lipinski definition) is 2. The van der Waals surface area contributed by atoms with Gasteiger partial charge in [0.05, 0.1) is 30.2 Å². The van der Waals surface area contributed by atoms with Crippen LogP contribution < -0.4 is 19.3 Å². The molecule has 10 heteroatoms. The van der Waals surface area contributed by atoms with E-state index in [1.165, 1.54) is 7.05 Å². The molecule has 3 aromatic carbocycles. The van der Waals surface area contributed by atoms with Gasteiger partial charge in [-0.3, -0.25) is 4.90 Å². The van der Waals surface area contributed by atoms with Crippen molar-refractivity contribution in [3.8, 4) is 22.6 Å². The van der Waals surface area contributed by atoms with Crippen LogP contribution >= 0.6 is 0 Å². The lowest BCUT2D eigenvalue weighted by Crippen LogP contribution is -2.26. The molecule has 10 nitrogen and oxygen atoms in total. The molecule has 1 aliphatic heterocycles. The third-order valence-electron chi connectivity index (χ3n) is 6.57. The van der Waals surface area contributed by atoms with E-state index in [-0.39, 0.29) is 5.95 Å². The standard InChI is InChI=1S/C27H24N6O4/c1-32(27(34)35)26-30-22-6-3-17(12-23(22)31-26)16-4-8-24-18(11-16)14-33(9-10-37-24)25-20-13-19(36-2)5-7-21(20)28-15-29-25/h3-8,11-13,15H,9-10,14H2,1-2H3,(H,30,31)(H,34,35). The van der Waals surface area contributed by atoms with Crippen molar-refractivity contribution in [1.82, 2.24) is 19.9 Å². The van der Waals surface area contributed by atoms with Gasteiger partial charge in [0.25, 0.3) is 0 Å². The number of aromatic amines is 1. The second-order valence-electron chi connectivity index (χ2n) is 8.81. The van der Waals surface area contributed by atoms with Crippen LogP contribution in [-0.2, 0) is 6.54 Å². The first kappa shape index (κ1) is 22.6. The van der Waals surface area contributed by atoms with Gasteiger partial charge in [-0.2, -0.15) is 0 Å². The molecule has 1 amide bonds. The molecule has 2 aromatic heterocycles. The lowest BCUT2D eigenvalue weighted by Gasteiger charge is -2.22. The third-order valence-corrected chi connectivity index (χ3v) is 6.57. The largest absolute Gasteiger partial charge is 0.497 e. The maximum atomic E-state index is 11.3. The summed E-state index contributed by atoms with van der Waals surface area (Å²) in [7, 11) is 3.10. The molecule has 186 valence electrons. The van der Waals surface area contributed by atoms with Gasteiger partial charge < -0.3 is 24.5 Å². The van der Waals surface area contributed by atoms with Gasteiger partial charge in [0, 0.05) is 24.5 Å². The number of carbonyl (C=O) groups is 1. The molecule has 0 bridgehead atoms. The van der Waals surface area contributed by atoms with Gasteiger partial charge >= 0.3 is 6.09 Å². The molecule has 0 aliphatic carbocycles. The van der Waals surface area contributed by atoms with E-state index in [4.69, 9.17) is 9.47 Å². The highest BCUT2D eigenvalue weighted by Gasteiger charge is 2.20. The molecule has 0 radical (unpaired) electrons. The van der Waals surface area contributed by atoms with Crippen molar-refractivity contribution in [2.24, 2.45) is 0 Å². The monoisotopic (exact) mass is 496 g/mol. The summed E-state index contributed by atoms with van der Waals surface area (Å²) in [6, 6.07) is 17.8. The number of rotatable bonds is 4. The summed E-state index contributed by atoms with van der Waals surface area (Å²) >= 11 is 0. The Bertz CT molecular complexity index is 1650. The minimum absolute atomic E-state index is 0.277. The summed E-state index contributed by atoms with van der Waals surface area (Å²) in [5.41, 5.74) is 5.35. The summed E-state index contributed by atoms with van der Waals surface area (Å²) in [5.74, 6) is 2.71. The van der Waals surface area contributed by atoms with E-state index in [0.29, 0.717) is 25.2 Å². The predicted octanol–water partition coefficient (Wildman–Crippen LogP) is 4.69. The third kappa shape index (κ3) is 4.12. The maximum absolute atomic E-state index is 11.3. The summed E-state index contributed by atoms with van der Waals surface area (Å²) in [4.78, 5) is 31.0. The second-order valence-corrected chi connectivity index (χ2v) is 8.81. The number of nitrogens with one attached hydrogen (secondary N) is 1. The zero-order valence-electron chi connectivity index (χ0n) is 20.3. The van der Waals surface area contributed by atoms with Crippen molar-refractivity contribution in [2.75, 3.05) is 37.1 Å². The highest BCUT2D eigenvalue weighted by molar-refractivity contribution is 5.91. The summed E-state index contributed by atoms with van der Waals surface area (Å²) in [5, 5.41) is 10.2. The Morgan fingerprint density at radius 3 is 2.73 bits per heavy atom. The molecule has 0 unspecified atom stereocenters. The zero-order chi connectivity index (χ0) is 25.5. The van der Waals surface area contributed by atoms with E-state index in [1.807, 2.05) is 48.5 Å². The second kappa shape index (κ2) is 8.98. The van der Waals surface area contributed by atoms with Crippen LogP contribution in [0.1, 0.15) is 5.56 Å². The van der Waals surface area contributed by atoms with Crippen LogP contribution in [0.5, 0.6) is 11.5 Å². The molecule has 0 fully saturated rings. The van der Waals surface area contributed by atoms with Crippen molar-refractivity contribution in [2.45, 2.75) is 6.54 Å². The number of benzene rings is 3. The molecule has 2 N–H and O–H groups in total. The fraction of sp³-hybridized carbons (Fsp3) is 0.185. The van der Waals surface area contributed by atoms with Crippen molar-refractivity contribution >= 4 is 39.8 Å². The Labute approximate surface area is 212 Å². The molecule has 3 heterocycles. The number of anilines is 2. The van der Waals surface area contributed by atoms with Gasteiger partial charge in [0.2, 0.25) is 5.95 Å². The molecule has 0 saturated carbocycles. The van der Waals surface area contributed by atoms with Crippen molar-refractivity contribution in [1.29, 1.82) is 0 Å². The average molecular weight is 497 g/mol. The molecule has 37 heavy (non-hydrogen) atoms. The number of ether oxygens (including phenoxy) is 2. The Morgan fingerprint density at radius 1 is 1.08 bits per heavy atom. The number of imidazole rings is 1. The van der Waals surface area contributed by atoms with Gasteiger partial charge in [-0.1, -0.05) is 12.1 Å². The molecule has 5 aromatic rings. The Balaban J connectivity index is 1.35. The topological polar surface area (TPSA) is 117 Å². The van der Waals surface area contributed by atoms with Crippen LogP contribution in [0.3, 0.4) is 0 Å². The fourth-order valence-electron chi connectivity index (χ4n) is 4.58. The van der Waals surface area contributed by atoms with Crippen LogP contribution in [-0.4, -0.2) is 58.4 Å². The Kier molecular flexibility index (Phi) is 5.48. The zero-order valence-corrected chi connectivity index (χ0v) is 20.3. The Hall–Kier alpha value is -4.86. The van der Waals surface area contributed by atoms with Crippen molar-refractivity contribution < 1.29 is 19.4 Å². The van der Waals surface area contributed by atoms with E-state index in [1.54, 1.807) is 13.4 Å². The predicted molar refractivity (Wildman–Crippen MR) is 141 cm³/mol. The van der Waals surface area contributed by atoms with E-state index in [2.05, 4.69) is 30.9 Å². The van der Waals surface area contributed by atoms with Gasteiger partial charge in [0.1, 0.15) is 30.3 Å². The lowest BCUT2D eigenvalue weighted by molar-refractivity contribution is 0.203. The minimum Gasteiger partial charge on any atom is -0.497 e. The van der Waals surface area contributed by atoms with Gasteiger partial charge in [-0.25, -0.2) is 19.7 Å². The lowest BCUT2D eigenvalue weighted by atomic mass is 10.0. The minimum atomic E-state index is -1.08. The summed E-state index contributed by atoms with van der Waals surface area (Å²) in [6.07, 6.45) is 0.507. The van der Waals surface area contributed by atoms with Crippen LogP contribution in [0, 0.1) is 0 Å². The molecule has 0 atom stereocenters. The number of hydrogen-bond acceptors (Lipinski definition) is 7. The number of fused-ring (bicyclic) bond motifs is 3. The van der Waals surface area contributed by atoms with Crippen LogP contribution in [0.15, 0.2) is 60.9 Å². The van der Waals surface area contributed by atoms with Gasteiger partial charge in [-0.15, -0.1) is 0 Å². The van der Waals surface area contributed by atoms with Crippen molar-refractivity contribution in [3.63, 3.8) is 0 Å². The summed E-state index contributed by atoms with van der Waals surface area (Å²) < 4.78 is 11.5. The number of aromatic nitrogens is 4. The smallest absolute Gasteiger partial charge is 0.413 e. The number of amides is 1. The number of H-pyrrole nitrogens is 1. The molecular weight excluding hydrogens is 472 g/mol. The first-order valence-electron chi connectivity index (χ1n) is 11.8. The molecule has 0 spiro atoms. The van der Waals surface area contributed by atoms with E-state index < -0.39 is 6.09 Å². The first-order valence-corrected chi connectivity index (χ1v) is 11.8. The number of nitrogens with zero attached hydrogens (tertiary/aromatic N) is 5. The highest BCUT2D eigenvalue weighted by atomic mass is 16.5. The average Bonchev–Trinajstić information content (AvgIpc) is 3.23. The normalized spacial score (nSPS) is 13.2. The number of carboxylic acid groups (broad SMARTS) is 1. The highest BCUT2D eigenvalue weighted by Crippen LogP contribution is 2.34. The van der Waals surface area contributed by atoms with E-state index in [0.717, 1.165) is 55.3 Å². The van der Waals surface area contributed by atoms with Gasteiger partial charge in [-0.05, 0) is 53.6 Å². The Morgan fingerprint density at radius 2 is 1.89 bits per heavy atom. The van der Waals surface area contributed by atoms with Crippen LogP contribution in [0.25, 0.3) is 33.1 Å². The van der Waals surface area contributed by atoms with E-state index >= 15 is 0 Å². The molecule has 1 aliphatic rings. The van der Waals surface area contributed by atoms with E-state index in [9.17, 15) is 9.90 Å². The maximum Gasteiger partial charge on any atom is 0.413 e. The first-order chi connectivity index (χ1) is 18.0. The molecular formula is C27H24N6O4. The SMILES string of the molecule is COc1ccc2ncnc(N3CCOc4ccc(-c5ccc6nc(N(C)C(=O)O)[nH]c6c5)cc4C3)c2c1. The van der Waals surface area contributed by atoms with Crippen molar-refractivity contribution in [3.05, 3.63) is 66.5 Å². The number of methoxy groups -OCH3 is 1. The van der Waals surface area contributed by atoms with Gasteiger partial charge in [0.15, 0.2) is 0 Å². The summed E-state index contributed by atoms with van der Waals surface area (Å²) in [6.45, 7) is 1.82. The molecule has 0 saturated heterocycles. The fourth-order valence-corrected chi connectivity index (χ4v) is 4.58. The van der Waals surface area contributed by atoms with Crippen LogP contribution in [0.2, 0.25) is 0 Å².